The Hall–Kier alpha value is -2.22. The summed E-state index contributed by atoms with van der Waals surface area (Å²) < 4.78 is 0. The molecule has 5 heteroatoms. The van der Waals surface area contributed by atoms with Gasteiger partial charge >= 0.3 is 5.97 Å². The van der Waals surface area contributed by atoms with E-state index in [4.69, 9.17) is 0 Å². The van der Waals surface area contributed by atoms with Gasteiger partial charge in [0.05, 0.1) is 11.0 Å². The molecular weight excluding hydrogens is 450 g/mol. The van der Waals surface area contributed by atoms with Gasteiger partial charge < -0.3 is 5.11 Å². The highest BCUT2D eigenvalue weighted by Crippen LogP contribution is 2.74. The molecule has 0 unspecified atom stereocenters. The number of hydrogen-bond acceptors (Lipinski definition) is 4. The molecule has 0 spiro atoms. The Kier molecular flexibility index (Phi) is 5.09. The second-order valence-corrected chi connectivity index (χ2v) is 14.7. The Morgan fingerprint density at radius 3 is 2.22 bits per heavy atom. The van der Waals surface area contributed by atoms with Crippen LogP contribution in [0.2, 0.25) is 0 Å². The number of carboxylic acid groups (broad SMARTS) is 1. The molecule has 0 aromatic rings. The van der Waals surface area contributed by atoms with Crippen LogP contribution in [0.15, 0.2) is 22.8 Å². The molecule has 3 fully saturated rings. The van der Waals surface area contributed by atoms with Gasteiger partial charge in [-0.15, -0.1) is 0 Å². The van der Waals surface area contributed by atoms with Crippen molar-refractivity contribution < 1.29 is 19.5 Å². The van der Waals surface area contributed by atoms with E-state index in [2.05, 4.69) is 40.7 Å². The summed E-state index contributed by atoms with van der Waals surface area (Å²) in [6.45, 7) is 15.0. The highest BCUT2D eigenvalue weighted by molar-refractivity contribution is 6.04. The first-order valence-electron chi connectivity index (χ1n) is 13.7. The minimum atomic E-state index is -0.845. The second kappa shape index (κ2) is 7.21. The molecule has 0 aliphatic heterocycles. The predicted molar refractivity (Wildman–Crippen MR) is 137 cm³/mol. The molecule has 194 valence electrons. The van der Waals surface area contributed by atoms with Gasteiger partial charge in [0.15, 0.2) is 5.78 Å². The summed E-state index contributed by atoms with van der Waals surface area (Å²) in [7, 11) is 0. The lowest BCUT2D eigenvalue weighted by molar-refractivity contribution is -0.173. The molecule has 0 aromatic carbocycles. The van der Waals surface area contributed by atoms with Gasteiger partial charge in [0.1, 0.15) is 11.9 Å². The first kappa shape index (κ1) is 25.4. The third-order valence-corrected chi connectivity index (χ3v) is 12.1. The molecule has 0 saturated heterocycles. The molecule has 0 bridgehead atoms. The van der Waals surface area contributed by atoms with E-state index in [0.29, 0.717) is 19.3 Å². The van der Waals surface area contributed by atoms with Crippen molar-refractivity contribution >= 4 is 17.5 Å². The second-order valence-electron chi connectivity index (χ2n) is 14.7. The highest BCUT2D eigenvalue weighted by Gasteiger charge is 2.70. The molecule has 6 atom stereocenters. The zero-order valence-electron chi connectivity index (χ0n) is 23.0. The molecule has 36 heavy (non-hydrogen) atoms. The Morgan fingerprint density at radius 1 is 0.972 bits per heavy atom. The molecule has 5 rings (SSSR count). The average molecular weight is 492 g/mol. The van der Waals surface area contributed by atoms with Crippen molar-refractivity contribution in [3.63, 3.8) is 0 Å². The van der Waals surface area contributed by atoms with E-state index >= 15 is 0 Å². The van der Waals surface area contributed by atoms with Crippen molar-refractivity contribution in [1.82, 2.24) is 0 Å². The number of Topliss-reactive ketones (excluding diaryl/α,β-unsaturated/α-hetero) is 2. The number of carbonyl (C=O) groups is 3. The van der Waals surface area contributed by atoms with Crippen molar-refractivity contribution in [2.45, 2.75) is 99.8 Å². The average Bonchev–Trinajstić information content (AvgIpc) is 2.77. The third kappa shape index (κ3) is 2.85. The van der Waals surface area contributed by atoms with Crippen molar-refractivity contribution in [2.75, 3.05) is 0 Å². The van der Waals surface area contributed by atoms with Gasteiger partial charge in [0.2, 0.25) is 0 Å². The van der Waals surface area contributed by atoms with Crippen molar-refractivity contribution in [3.8, 4) is 6.07 Å². The van der Waals surface area contributed by atoms with E-state index in [1.807, 2.05) is 19.9 Å². The summed E-state index contributed by atoms with van der Waals surface area (Å²) in [6, 6.07) is 2.15. The van der Waals surface area contributed by atoms with E-state index in [1.165, 1.54) is 0 Å². The third-order valence-electron chi connectivity index (χ3n) is 12.1. The lowest BCUT2D eigenvalue weighted by atomic mass is 9.34. The van der Waals surface area contributed by atoms with E-state index in [1.54, 1.807) is 0 Å². The lowest BCUT2D eigenvalue weighted by Crippen LogP contribution is -2.65. The largest absolute Gasteiger partial charge is 0.481 e. The molecule has 5 aliphatic carbocycles. The molecule has 1 N–H and O–H groups in total. The molecule has 3 saturated carbocycles. The standard InChI is InChI=1S/C31H41NO4/c1-26(2)10-12-31(25(35)36)13-11-29(6)19(20(31)16-26)14-21(33)23-28(5)15-18(17-32)24(34)27(3,4)22(28)8-9-30(23,29)7/h15,22-23H,8-14,16H2,1-7H3,(H,35,36)/t22-,23+,28-,29+,30+,31-/m0/s1. The van der Waals surface area contributed by atoms with Crippen LogP contribution in [0, 0.1) is 55.7 Å². The van der Waals surface area contributed by atoms with Gasteiger partial charge in [-0.1, -0.05) is 65.7 Å². The molecule has 0 amide bonds. The van der Waals surface area contributed by atoms with Crippen LogP contribution in [0.4, 0.5) is 0 Å². The van der Waals surface area contributed by atoms with Crippen molar-refractivity contribution in [2.24, 2.45) is 44.3 Å². The van der Waals surface area contributed by atoms with Crippen molar-refractivity contribution in [1.29, 1.82) is 5.26 Å². The van der Waals surface area contributed by atoms with E-state index < -0.39 is 22.2 Å². The van der Waals surface area contributed by atoms with Crippen LogP contribution >= 0.6 is 0 Å². The summed E-state index contributed by atoms with van der Waals surface area (Å²) in [5.41, 5.74) is -0.439. The number of hydrogen-bond donors (Lipinski definition) is 1. The van der Waals surface area contributed by atoms with Crippen LogP contribution < -0.4 is 0 Å². The first-order chi connectivity index (χ1) is 16.5. The van der Waals surface area contributed by atoms with Gasteiger partial charge in [-0.25, -0.2) is 0 Å². The number of fused-ring (bicyclic) bond motifs is 6. The smallest absolute Gasteiger partial charge is 0.313 e. The molecule has 0 aromatic heterocycles. The summed E-state index contributed by atoms with van der Waals surface area (Å²) in [4.78, 5) is 40.2. The van der Waals surface area contributed by atoms with Gasteiger partial charge in [-0.3, -0.25) is 14.4 Å². The van der Waals surface area contributed by atoms with Crippen LogP contribution in [0.3, 0.4) is 0 Å². The van der Waals surface area contributed by atoms with Crippen LogP contribution in [0.25, 0.3) is 0 Å². The molecule has 0 heterocycles. The normalized spacial score (nSPS) is 44.9. The van der Waals surface area contributed by atoms with Gasteiger partial charge in [-0.2, -0.15) is 5.26 Å². The number of aliphatic carboxylic acids is 1. The van der Waals surface area contributed by atoms with Gasteiger partial charge in [0.25, 0.3) is 0 Å². The van der Waals surface area contributed by atoms with Crippen molar-refractivity contribution in [3.05, 3.63) is 22.8 Å². The van der Waals surface area contributed by atoms with Gasteiger partial charge in [0, 0.05) is 23.2 Å². The maximum Gasteiger partial charge on any atom is 0.313 e. The Bertz CT molecular complexity index is 1200. The monoisotopic (exact) mass is 491 g/mol. The van der Waals surface area contributed by atoms with E-state index in [9.17, 15) is 24.8 Å². The number of rotatable bonds is 1. The minimum Gasteiger partial charge on any atom is -0.481 e. The molecule has 0 radical (unpaired) electrons. The van der Waals surface area contributed by atoms with Crippen LogP contribution in [0.1, 0.15) is 99.8 Å². The summed E-state index contributed by atoms with van der Waals surface area (Å²) in [6.07, 6.45) is 7.42. The topological polar surface area (TPSA) is 95.2 Å². The number of carboxylic acids is 1. The fraction of sp³-hybridized carbons (Fsp3) is 0.742. The quantitative estimate of drug-likeness (QED) is 0.426. The Morgan fingerprint density at radius 2 is 1.61 bits per heavy atom. The Balaban J connectivity index is 1.73. The minimum absolute atomic E-state index is 0.00950. The molecule has 5 aliphatic rings. The number of nitriles is 1. The number of ketones is 2. The SMILES string of the molecule is CC1(C)CC[C@]2(C(=O)O)CC[C@]3(C)C(=C2C1)CC(=O)[C@@H]1[C@@]2(C)C=C(C#N)C(=O)C(C)(C)[C@@H]2CC[C@]13C. The zero-order valence-corrected chi connectivity index (χ0v) is 23.0. The van der Waals surface area contributed by atoms with Gasteiger partial charge in [-0.05, 0) is 67.1 Å². The predicted octanol–water partition coefficient (Wildman–Crippen LogP) is 6.43. The number of carbonyl (C=O) groups excluding carboxylic acids is 2. The molecule has 5 nitrogen and oxygen atoms in total. The van der Waals surface area contributed by atoms with Crippen LogP contribution in [-0.4, -0.2) is 22.6 Å². The first-order valence-corrected chi connectivity index (χ1v) is 13.7. The van der Waals surface area contributed by atoms with Crippen LogP contribution in [0.5, 0.6) is 0 Å². The van der Waals surface area contributed by atoms with E-state index in [-0.39, 0.29) is 45.2 Å². The number of nitrogens with zero attached hydrogens (tertiary/aromatic N) is 1. The maximum absolute atomic E-state index is 14.3. The highest BCUT2D eigenvalue weighted by atomic mass is 16.4. The fourth-order valence-corrected chi connectivity index (χ4v) is 9.98. The van der Waals surface area contributed by atoms with E-state index in [0.717, 1.165) is 43.3 Å². The number of allylic oxidation sites excluding steroid dienone is 3. The lowest BCUT2D eigenvalue weighted by Gasteiger charge is -2.68. The summed E-state index contributed by atoms with van der Waals surface area (Å²) >= 11 is 0. The fourth-order valence-electron chi connectivity index (χ4n) is 9.98. The summed E-state index contributed by atoms with van der Waals surface area (Å²) in [5, 5.41) is 20.3. The van der Waals surface area contributed by atoms with Crippen LogP contribution in [-0.2, 0) is 14.4 Å². The Labute approximate surface area is 215 Å². The summed E-state index contributed by atoms with van der Waals surface area (Å²) in [5.74, 6) is -0.991. The molecular formula is C31H41NO4. The zero-order chi connectivity index (χ0) is 26.7. The maximum atomic E-state index is 14.3.